The number of alkyl halides is 3. The van der Waals surface area contributed by atoms with Gasteiger partial charge in [0, 0.05) is 16.0 Å². The lowest BCUT2D eigenvalue weighted by Crippen LogP contribution is -2.44. The molecule has 3 nitrogen and oxygen atoms in total. The smallest absolute Gasteiger partial charge is 0.376 e. The molecular weight excluding hydrogens is 445 g/mol. The van der Waals surface area contributed by atoms with Crippen LogP contribution in [0.3, 0.4) is 0 Å². The number of benzene rings is 3. The second kappa shape index (κ2) is 8.22. The Hall–Kier alpha value is -2.48. The summed E-state index contributed by atoms with van der Waals surface area (Å²) in [6.45, 7) is 1.77. The van der Waals surface area contributed by atoms with Crippen LogP contribution in [0.15, 0.2) is 77.8 Å². The Morgan fingerprint density at radius 2 is 1.77 bits per heavy atom. The molecule has 0 saturated heterocycles. The quantitative estimate of drug-likeness (QED) is 0.343. The molecule has 0 aliphatic heterocycles. The number of halogens is 4. The van der Waals surface area contributed by atoms with Crippen molar-refractivity contribution < 1.29 is 18.3 Å². The van der Waals surface area contributed by atoms with Crippen molar-refractivity contribution in [3.63, 3.8) is 0 Å². The van der Waals surface area contributed by atoms with E-state index in [1.807, 2.05) is 30.3 Å². The van der Waals surface area contributed by atoms with Gasteiger partial charge in [-0.2, -0.15) is 18.3 Å². The first-order valence-corrected chi connectivity index (χ1v) is 10.8. The predicted octanol–water partition coefficient (Wildman–Crippen LogP) is 6.53. The molecule has 0 radical (unpaired) electrons. The molecule has 1 atom stereocenters. The molecule has 8 heteroatoms. The molecule has 0 spiro atoms. The molecule has 1 unspecified atom stereocenters. The second-order valence-electron chi connectivity index (χ2n) is 7.20. The summed E-state index contributed by atoms with van der Waals surface area (Å²) >= 11 is 7.05. The summed E-state index contributed by atoms with van der Waals surface area (Å²) in [5, 5.41) is 16.0. The highest BCUT2D eigenvalue weighted by Gasteiger charge is 2.55. The average Bonchev–Trinajstić information content (AvgIpc) is 3.16. The fraction of sp³-hybridized carbons (Fsp3) is 0.174. The van der Waals surface area contributed by atoms with Gasteiger partial charge in [0.15, 0.2) is 5.60 Å². The number of hydrogen-bond donors (Lipinski definition) is 1. The lowest BCUT2D eigenvalue weighted by atomic mass is 9.94. The summed E-state index contributed by atoms with van der Waals surface area (Å²) in [7, 11) is 0. The number of thioether (sulfide) groups is 1. The van der Waals surface area contributed by atoms with Crippen molar-refractivity contribution in [3.05, 3.63) is 89.1 Å². The molecule has 3 aromatic carbocycles. The van der Waals surface area contributed by atoms with Crippen molar-refractivity contribution >= 4 is 34.3 Å². The van der Waals surface area contributed by atoms with Gasteiger partial charge in [0.25, 0.3) is 0 Å². The van der Waals surface area contributed by atoms with E-state index in [1.54, 1.807) is 35.9 Å². The molecule has 0 bridgehead atoms. The number of aliphatic hydroxyl groups is 1. The first kappa shape index (κ1) is 21.7. The molecule has 0 aliphatic rings. The minimum Gasteiger partial charge on any atom is -0.376 e. The monoisotopic (exact) mass is 462 g/mol. The van der Waals surface area contributed by atoms with E-state index in [4.69, 9.17) is 11.6 Å². The SMILES string of the molecule is Cc1cccc(Cl)c1SCC(O)(c1ccc2c(cnn2-c2ccccc2)c1)C(F)(F)F. The van der Waals surface area contributed by atoms with Crippen LogP contribution in [0.1, 0.15) is 11.1 Å². The Morgan fingerprint density at radius 3 is 2.45 bits per heavy atom. The van der Waals surface area contributed by atoms with Crippen molar-refractivity contribution in [2.24, 2.45) is 0 Å². The minimum atomic E-state index is -4.88. The molecule has 0 amide bonds. The van der Waals surface area contributed by atoms with Crippen LogP contribution in [0.5, 0.6) is 0 Å². The predicted molar refractivity (Wildman–Crippen MR) is 118 cm³/mol. The summed E-state index contributed by atoms with van der Waals surface area (Å²) in [4.78, 5) is 0.518. The highest BCUT2D eigenvalue weighted by atomic mass is 35.5. The highest BCUT2D eigenvalue weighted by Crippen LogP contribution is 2.44. The van der Waals surface area contributed by atoms with E-state index in [1.165, 1.54) is 18.3 Å². The Bertz CT molecular complexity index is 1210. The summed E-state index contributed by atoms with van der Waals surface area (Å²) in [5.74, 6) is -0.626. The molecule has 4 aromatic rings. The molecule has 31 heavy (non-hydrogen) atoms. The number of hydrogen-bond acceptors (Lipinski definition) is 3. The van der Waals surface area contributed by atoms with Crippen molar-refractivity contribution in [1.29, 1.82) is 0 Å². The zero-order valence-corrected chi connectivity index (χ0v) is 18.0. The minimum absolute atomic E-state index is 0.239. The zero-order valence-electron chi connectivity index (χ0n) is 16.4. The van der Waals surface area contributed by atoms with Gasteiger partial charge in [-0.25, -0.2) is 4.68 Å². The van der Waals surface area contributed by atoms with Crippen molar-refractivity contribution in [2.75, 3.05) is 5.75 Å². The lowest BCUT2D eigenvalue weighted by molar-refractivity contribution is -0.256. The highest BCUT2D eigenvalue weighted by molar-refractivity contribution is 7.99. The van der Waals surface area contributed by atoms with E-state index in [0.29, 0.717) is 20.8 Å². The van der Waals surface area contributed by atoms with Crippen molar-refractivity contribution in [3.8, 4) is 5.69 Å². The second-order valence-corrected chi connectivity index (χ2v) is 8.59. The van der Waals surface area contributed by atoms with Gasteiger partial charge in [0.05, 0.1) is 22.4 Å². The van der Waals surface area contributed by atoms with Crippen LogP contribution in [0.25, 0.3) is 16.6 Å². The Kier molecular flexibility index (Phi) is 5.77. The van der Waals surface area contributed by atoms with Gasteiger partial charge < -0.3 is 5.11 Å². The molecule has 1 aromatic heterocycles. The first-order valence-electron chi connectivity index (χ1n) is 9.41. The molecule has 0 fully saturated rings. The van der Waals surface area contributed by atoms with Gasteiger partial charge >= 0.3 is 6.18 Å². The number of para-hydroxylation sites is 1. The third-order valence-electron chi connectivity index (χ3n) is 5.10. The standard InChI is InChI=1S/C23H18ClF3N2OS/c1-15-6-5-9-19(24)21(15)31-14-22(30,23(25,26)27)17-10-11-20-16(12-17)13-28-29(20)18-7-3-2-4-8-18/h2-13,30H,14H2,1H3. The Balaban J connectivity index is 1.72. The topological polar surface area (TPSA) is 38.1 Å². The van der Waals surface area contributed by atoms with E-state index in [0.717, 1.165) is 23.0 Å². The Morgan fingerprint density at radius 1 is 1.03 bits per heavy atom. The normalized spacial score (nSPS) is 14.0. The first-order chi connectivity index (χ1) is 14.7. The molecule has 1 N–H and O–H groups in total. The molecule has 0 aliphatic carbocycles. The lowest BCUT2D eigenvalue weighted by Gasteiger charge is -2.31. The zero-order chi connectivity index (χ0) is 22.2. The maximum absolute atomic E-state index is 14.0. The molecule has 1 heterocycles. The van der Waals surface area contributed by atoms with E-state index >= 15 is 0 Å². The van der Waals surface area contributed by atoms with Crippen LogP contribution in [0.2, 0.25) is 5.02 Å². The number of aryl methyl sites for hydroxylation is 1. The summed E-state index contributed by atoms with van der Waals surface area (Å²) in [6, 6.07) is 18.6. The largest absolute Gasteiger partial charge is 0.422 e. The van der Waals surface area contributed by atoms with Gasteiger partial charge in [-0.3, -0.25) is 0 Å². The van der Waals surface area contributed by atoms with E-state index < -0.39 is 17.5 Å². The van der Waals surface area contributed by atoms with E-state index in [2.05, 4.69) is 5.10 Å². The number of fused-ring (bicyclic) bond motifs is 1. The molecule has 0 saturated carbocycles. The summed E-state index contributed by atoms with van der Waals surface area (Å²) in [5.41, 5.74) is -1.10. The van der Waals surface area contributed by atoms with Crippen molar-refractivity contribution in [2.45, 2.75) is 23.6 Å². The number of rotatable bonds is 5. The van der Waals surface area contributed by atoms with E-state index in [9.17, 15) is 18.3 Å². The van der Waals surface area contributed by atoms with Gasteiger partial charge in [-0.1, -0.05) is 48.0 Å². The van der Waals surface area contributed by atoms with Gasteiger partial charge in [-0.05, 0) is 48.4 Å². The third kappa shape index (κ3) is 4.05. The van der Waals surface area contributed by atoms with Crippen LogP contribution in [-0.2, 0) is 5.60 Å². The van der Waals surface area contributed by atoms with Gasteiger partial charge in [0.1, 0.15) is 0 Å². The summed E-state index contributed by atoms with van der Waals surface area (Å²) < 4.78 is 43.8. The average molecular weight is 463 g/mol. The fourth-order valence-corrected chi connectivity index (χ4v) is 4.94. The van der Waals surface area contributed by atoms with Crippen LogP contribution in [-0.4, -0.2) is 26.8 Å². The Labute approximate surface area is 186 Å². The maximum Gasteiger partial charge on any atom is 0.422 e. The molecular formula is C23H18ClF3N2OS. The number of aromatic nitrogens is 2. The third-order valence-corrected chi connectivity index (χ3v) is 6.92. The van der Waals surface area contributed by atoms with E-state index in [-0.39, 0.29) is 5.56 Å². The van der Waals surface area contributed by atoms with Crippen molar-refractivity contribution in [1.82, 2.24) is 9.78 Å². The number of nitrogens with zero attached hydrogens (tertiary/aromatic N) is 2. The molecule has 4 rings (SSSR count). The van der Waals surface area contributed by atoms with Crippen LogP contribution < -0.4 is 0 Å². The van der Waals surface area contributed by atoms with Gasteiger partial charge in [0.2, 0.25) is 0 Å². The van der Waals surface area contributed by atoms with Crippen LogP contribution in [0, 0.1) is 6.92 Å². The maximum atomic E-state index is 14.0. The van der Waals surface area contributed by atoms with Crippen LogP contribution >= 0.6 is 23.4 Å². The molecule has 160 valence electrons. The van der Waals surface area contributed by atoms with Crippen LogP contribution in [0.4, 0.5) is 13.2 Å². The van der Waals surface area contributed by atoms with Gasteiger partial charge in [-0.15, -0.1) is 11.8 Å². The fourth-order valence-electron chi connectivity index (χ4n) is 3.37. The summed E-state index contributed by atoms with van der Waals surface area (Å²) in [6.07, 6.45) is -3.38.